The zero-order chi connectivity index (χ0) is 21.3. The average molecular weight is 409 g/mol. The van der Waals surface area contributed by atoms with E-state index >= 15 is 0 Å². The number of nitrogens with zero attached hydrogens (tertiary/aromatic N) is 2. The second kappa shape index (κ2) is 10.1. The number of nitrogens with one attached hydrogen (secondary N) is 3. The van der Waals surface area contributed by atoms with E-state index in [1.54, 1.807) is 38.3 Å². The van der Waals surface area contributed by atoms with Gasteiger partial charge < -0.3 is 20.1 Å². The molecular weight excluding hydrogens is 386 g/mol. The number of carbonyl (C=O) groups excluding carboxylic acids is 2. The molecule has 0 unspecified atom stereocenters. The van der Waals surface area contributed by atoms with Gasteiger partial charge in [-0.05, 0) is 43.3 Å². The largest absolute Gasteiger partial charge is 0.497 e. The van der Waals surface area contributed by atoms with Gasteiger partial charge in [-0.2, -0.15) is 5.10 Å². The lowest BCUT2D eigenvalue weighted by molar-refractivity contribution is 0.0527. The first-order chi connectivity index (χ1) is 14.6. The van der Waals surface area contributed by atoms with Crippen LogP contribution in [0.5, 0.6) is 5.75 Å². The third-order valence-corrected chi connectivity index (χ3v) is 4.20. The van der Waals surface area contributed by atoms with Crippen molar-refractivity contribution in [3.8, 4) is 17.1 Å². The second-order valence-corrected chi connectivity index (χ2v) is 6.23. The molecule has 0 fully saturated rings. The lowest BCUT2D eigenvalue weighted by atomic mass is 10.2. The number of H-pyrrole nitrogens is 1. The molecule has 0 atom stereocenters. The van der Waals surface area contributed by atoms with Crippen LogP contribution >= 0.6 is 0 Å². The number of ether oxygens (including phenoxy) is 2. The topological polar surface area (TPSA) is 118 Å². The standard InChI is InChI=1S/C21H23N5O4/c1-3-30-20(27)16-6-4-5-7-17(16)23-21(28)22-13-12-18-24-19(26-25-18)14-8-10-15(29-2)11-9-14/h4-11H,3,12-13H2,1-2H3,(H2,22,23,28)(H,24,25,26). The van der Waals surface area contributed by atoms with Gasteiger partial charge in [0.25, 0.3) is 0 Å². The Kier molecular flexibility index (Phi) is 6.99. The molecule has 9 heteroatoms. The van der Waals surface area contributed by atoms with Crippen molar-refractivity contribution < 1.29 is 19.1 Å². The van der Waals surface area contributed by atoms with Gasteiger partial charge in [-0.1, -0.05) is 12.1 Å². The van der Waals surface area contributed by atoms with E-state index in [0.29, 0.717) is 35.9 Å². The molecule has 0 radical (unpaired) electrons. The summed E-state index contributed by atoms with van der Waals surface area (Å²) in [6.07, 6.45) is 0.468. The molecular formula is C21H23N5O4. The van der Waals surface area contributed by atoms with E-state index in [4.69, 9.17) is 9.47 Å². The van der Waals surface area contributed by atoms with E-state index in [0.717, 1.165) is 11.3 Å². The third-order valence-electron chi connectivity index (χ3n) is 4.20. The fourth-order valence-electron chi connectivity index (χ4n) is 2.72. The van der Waals surface area contributed by atoms with Crippen LogP contribution in [0.2, 0.25) is 0 Å². The van der Waals surface area contributed by atoms with Gasteiger partial charge in [0.1, 0.15) is 11.6 Å². The number of hydrogen-bond acceptors (Lipinski definition) is 6. The average Bonchev–Trinajstić information content (AvgIpc) is 3.23. The first-order valence-corrected chi connectivity index (χ1v) is 9.47. The Morgan fingerprint density at radius 2 is 1.87 bits per heavy atom. The van der Waals surface area contributed by atoms with Gasteiger partial charge >= 0.3 is 12.0 Å². The molecule has 30 heavy (non-hydrogen) atoms. The molecule has 0 aliphatic heterocycles. The quantitative estimate of drug-likeness (QED) is 0.492. The number of urea groups is 1. The molecule has 0 saturated heterocycles. The number of hydrogen-bond donors (Lipinski definition) is 3. The third kappa shape index (κ3) is 5.34. The molecule has 0 spiro atoms. The zero-order valence-electron chi connectivity index (χ0n) is 16.8. The summed E-state index contributed by atoms with van der Waals surface area (Å²) in [7, 11) is 1.61. The molecule has 0 aliphatic rings. The molecule has 3 N–H and O–H groups in total. The van der Waals surface area contributed by atoms with E-state index in [1.807, 2.05) is 24.3 Å². The summed E-state index contributed by atoms with van der Waals surface area (Å²) in [6, 6.07) is 13.7. The molecule has 3 aromatic rings. The van der Waals surface area contributed by atoms with Crippen molar-refractivity contribution in [2.24, 2.45) is 0 Å². The maximum Gasteiger partial charge on any atom is 0.340 e. The maximum absolute atomic E-state index is 12.2. The van der Waals surface area contributed by atoms with Crippen molar-refractivity contribution >= 4 is 17.7 Å². The van der Waals surface area contributed by atoms with Crippen LogP contribution in [0, 0.1) is 0 Å². The van der Waals surface area contributed by atoms with Crippen LogP contribution < -0.4 is 15.4 Å². The minimum atomic E-state index is -0.485. The van der Waals surface area contributed by atoms with E-state index in [-0.39, 0.29) is 6.61 Å². The Bertz CT molecular complexity index is 1000. The van der Waals surface area contributed by atoms with Crippen LogP contribution in [0.15, 0.2) is 48.5 Å². The highest BCUT2D eigenvalue weighted by molar-refractivity contribution is 6.00. The summed E-state index contributed by atoms with van der Waals surface area (Å²) in [5.74, 6) is 1.49. The van der Waals surface area contributed by atoms with Crippen molar-refractivity contribution in [3.05, 3.63) is 59.9 Å². The van der Waals surface area contributed by atoms with Crippen LogP contribution in [-0.4, -0.2) is 47.4 Å². The van der Waals surface area contributed by atoms with E-state index < -0.39 is 12.0 Å². The smallest absolute Gasteiger partial charge is 0.340 e. The van der Waals surface area contributed by atoms with E-state index in [2.05, 4.69) is 25.8 Å². The predicted molar refractivity (Wildman–Crippen MR) is 111 cm³/mol. The summed E-state index contributed by atoms with van der Waals surface area (Å²) in [6.45, 7) is 2.32. The Morgan fingerprint density at radius 1 is 1.10 bits per heavy atom. The molecule has 0 saturated carbocycles. The minimum absolute atomic E-state index is 0.259. The number of para-hydroxylation sites is 1. The highest BCUT2D eigenvalue weighted by Crippen LogP contribution is 2.19. The van der Waals surface area contributed by atoms with Crippen LogP contribution in [0.4, 0.5) is 10.5 Å². The summed E-state index contributed by atoms with van der Waals surface area (Å²) >= 11 is 0. The van der Waals surface area contributed by atoms with E-state index in [1.165, 1.54) is 0 Å². The predicted octanol–water partition coefficient (Wildman–Crippen LogP) is 3.02. The van der Waals surface area contributed by atoms with Crippen molar-refractivity contribution in [2.45, 2.75) is 13.3 Å². The SMILES string of the molecule is CCOC(=O)c1ccccc1NC(=O)NCCc1nc(-c2ccc(OC)cc2)n[nH]1. The highest BCUT2D eigenvalue weighted by atomic mass is 16.5. The second-order valence-electron chi connectivity index (χ2n) is 6.23. The number of anilines is 1. The van der Waals surface area contributed by atoms with Gasteiger partial charge in [-0.3, -0.25) is 5.10 Å². The van der Waals surface area contributed by atoms with Gasteiger partial charge in [0.05, 0.1) is 25.0 Å². The lowest BCUT2D eigenvalue weighted by Gasteiger charge is -2.11. The van der Waals surface area contributed by atoms with Gasteiger partial charge in [0, 0.05) is 18.5 Å². The monoisotopic (exact) mass is 409 g/mol. The molecule has 0 aliphatic carbocycles. The maximum atomic E-state index is 12.2. The Labute approximate surface area is 173 Å². The van der Waals surface area contributed by atoms with Crippen molar-refractivity contribution in [2.75, 3.05) is 25.6 Å². The summed E-state index contributed by atoms with van der Waals surface area (Å²) < 4.78 is 10.1. The number of amides is 2. The number of aromatic nitrogens is 3. The Balaban J connectivity index is 1.52. The van der Waals surface area contributed by atoms with Crippen molar-refractivity contribution in [1.29, 1.82) is 0 Å². The molecule has 2 amide bonds. The van der Waals surface area contributed by atoms with Crippen LogP contribution in [-0.2, 0) is 11.2 Å². The van der Waals surface area contributed by atoms with Gasteiger partial charge in [-0.25, -0.2) is 14.6 Å². The molecule has 2 aromatic carbocycles. The van der Waals surface area contributed by atoms with Crippen LogP contribution in [0.25, 0.3) is 11.4 Å². The lowest BCUT2D eigenvalue weighted by Crippen LogP contribution is -2.31. The first kappa shape index (κ1) is 20.8. The van der Waals surface area contributed by atoms with Gasteiger partial charge in [-0.15, -0.1) is 0 Å². The van der Waals surface area contributed by atoms with Crippen molar-refractivity contribution in [3.63, 3.8) is 0 Å². The van der Waals surface area contributed by atoms with Gasteiger partial charge in [0.15, 0.2) is 5.82 Å². The number of methoxy groups -OCH3 is 1. The summed E-state index contributed by atoms with van der Waals surface area (Å²) in [4.78, 5) is 28.6. The highest BCUT2D eigenvalue weighted by Gasteiger charge is 2.14. The molecule has 1 heterocycles. The zero-order valence-corrected chi connectivity index (χ0v) is 16.8. The number of benzene rings is 2. The first-order valence-electron chi connectivity index (χ1n) is 9.47. The van der Waals surface area contributed by atoms with E-state index in [9.17, 15) is 9.59 Å². The minimum Gasteiger partial charge on any atom is -0.497 e. The number of rotatable bonds is 8. The molecule has 156 valence electrons. The number of carbonyl (C=O) groups is 2. The molecule has 0 bridgehead atoms. The summed E-state index contributed by atoms with van der Waals surface area (Å²) in [5, 5.41) is 12.5. The molecule has 1 aromatic heterocycles. The van der Waals surface area contributed by atoms with Crippen molar-refractivity contribution in [1.82, 2.24) is 20.5 Å². The fourth-order valence-corrected chi connectivity index (χ4v) is 2.72. The number of esters is 1. The normalized spacial score (nSPS) is 10.3. The van der Waals surface area contributed by atoms with Gasteiger partial charge in [0.2, 0.25) is 0 Å². The van der Waals surface area contributed by atoms with Crippen LogP contribution in [0.1, 0.15) is 23.1 Å². The van der Waals surface area contributed by atoms with Crippen LogP contribution in [0.3, 0.4) is 0 Å². The fraction of sp³-hybridized carbons (Fsp3) is 0.238. The Morgan fingerprint density at radius 3 is 2.60 bits per heavy atom. The number of aromatic amines is 1. The molecule has 9 nitrogen and oxygen atoms in total. The summed E-state index contributed by atoms with van der Waals surface area (Å²) in [5.41, 5.74) is 1.54. The molecule has 3 rings (SSSR count). The Hall–Kier alpha value is -3.88.